The van der Waals surface area contributed by atoms with Crippen LogP contribution in [0.25, 0.3) is 0 Å². The van der Waals surface area contributed by atoms with Crippen LogP contribution in [0.1, 0.15) is 34.6 Å². The van der Waals surface area contributed by atoms with Gasteiger partial charge in [-0.3, -0.25) is 0 Å². The van der Waals surface area contributed by atoms with E-state index < -0.39 is 18.0 Å². The fourth-order valence-electron chi connectivity index (χ4n) is 3.57. The second-order valence-electron chi connectivity index (χ2n) is 13.9. The molecule has 0 aromatic rings. The molecular weight excluding hydrogens is 908 g/mol. The summed E-state index contributed by atoms with van der Waals surface area (Å²) in [6.45, 7) is 28.0. The molecular formula is C45H90O23. The van der Waals surface area contributed by atoms with Gasteiger partial charge in [0, 0.05) is 11.1 Å². The minimum Gasteiger partial charge on any atom is -0.478 e. The lowest BCUT2D eigenvalue weighted by Crippen LogP contribution is -2.24. The molecule has 23 nitrogen and oxygen atoms in total. The summed E-state index contributed by atoms with van der Waals surface area (Å²) in [5.41, 5.74) is 0.352. The maximum atomic E-state index is 9.60. The summed E-state index contributed by atoms with van der Waals surface area (Å²) in [5.74, 6) is -1.87. The molecule has 6 N–H and O–H groups in total. The van der Waals surface area contributed by atoms with Gasteiger partial charge >= 0.3 is 11.9 Å². The predicted octanol–water partition coefficient (Wildman–Crippen LogP) is 0.651. The number of rotatable bonds is 49. The summed E-state index contributed by atoms with van der Waals surface area (Å²) in [6.07, 6.45) is -0.654. The fraction of sp³-hybridized carbons (Fsp3) is 0.867. The second-order valence-corrected chi connectivity index (χ2v) is 13.9. The first kappa shape index (κ1) is 72.2. The molecule has 0 amide bonds. The van der Waals surface area contributed by atoms with E-state index in [2.05, 4.69) is 13.2 Å². The van der Waals surface area contributed by atoms with Gasteiger partial charge in [-0.2, -0.15) is 0 Å². The van der Waals surface area contributed by atoms with E-state index in [-0.39, 0.29) is 43.2 Å². The highest BCUT2D eigenvalue weighted by Gasteiger charge is 2.07. The minimum absolute atomic E-state index is 0.0170. The van der Waals surface area contributed by atoms with Gasteiger partial charge in [0.05, 0.1) is 223 Å². The standard InChI is InChI=1S/C28H58O15.C9H20O4.2C4H6O2/c29-1-3-31-5-7-33-9-11-35-13-15-37-17-19-39-21-23-41-25-27-43-28-26-42-24-22-40-20-18-38-16-14-36-12-10-34-8-6-32-4-2-30;1-7(11)5-12-9(3)6-13-8(2)4-10;2*1-3(2)4(5)6/h29-30H,1-28H2;7-11H,4-6H2,1-3H3;2*1H2,2H3,(H,5,6). The van der Waals surface area contributed by atoms with Crippen molar-refractivity contribution >= 4 is 11.9 Å². The molecule has 0 rings (SSSR count). The Bertz CT molecular complexity index is 953. The number of ether oxygens (including phenoxy) is 15. The molecule has 3 atom stereocenters. The van der Waals surface area contributed by atoms with Crippen LogP contribution in [0, 0.1) is 0 Å². The molecule has 0 spiro atoms. The zero-order chi connectivity index (χ0) is 51.6. The van der Waals surface area contributed by atoms with Crippen molar-refractivity contribution in [2.24, 2.45) is 0 Å². The van der Waals surface area contributed by atoms with Gasteiger partial charge in [0.1, 0.15) is 0 Å². The Balaban J connectivity index is -0.000000659. The topological polar surface area (TPSA) is 294 Å². The number of carboxylic acids is 2. The molecule has 0 aliphatic rings. The van der Waals surface area contributed by atoms with Crippen LogP contribution in [0.2, 0.25) is 0 Å². The van der Waals surface area contributed by atoms with Gasteiger partial charge in [0.25, 0.3) is 0 Å². The molecule has 0 heterocycles. The van der Waals surface area contributed by atoms with E-state index in [1.165, 1.54) is 13.8 Å². The van der Waals surface area contributed by atoms with Crippen LogP contribution in [0.4, 0.5) is 0 Å². The van der Waals surface area contributed by atoms with Gasteiger partial charge in [-0.05, 0) is 34.6 Å². The molecule has 0 radical (unpaired) electrons. The Hall–Kier alpha value is -2.34. The molecule has 0 fully saturated rings. The molecule has 0 saturated carbocycles. The highest BCUT2D eigenvalue weighted by atomic mass is 16.6. The molecule has 0 aromatic heterocycles. The highest BCUT2D eigenvalue weighted by Crippen LogP contribution is 1.97. The molecule has 0 saturated heterocycles. The number of aliphatic hydroxyl groups is 4. The normalized spacial score (nSPS) is 12.1. The summed E-state index contributed by atoms with van der Waals surface area (Å²) < 4.78 is 80.2. The van der Waals surface area contributed by atoms with Crippen LogP contribution in [0.5, 0.6) is 0 Å². The molecule has 0 aliphatic carbocycles. The lowest BCUT2D eigenvalue weighted by atomic mass is 10.4. The summed E-state index contributed by atoms with van der Waals surface area (Å²) in [4.78, 5) is 19.2. The Labute approximate surface area is 404 Å². The van der Waals surface area contributed by atoms with E-state index in [0.717, 1.165) is 0 Å². The van der Waals surface area contributed by atoms with Crippen LogP contribution >= 0.6 is 0 Å². The first-order valence-electron chi connectivity index (χ1n) is 22.8. The van der Waals surface area contributed by atoms with Gasteiger partial charge in [-0.1, -0.05) is 13.2 Å². The summed E-state index contributed by atoms with van der Waals surface area (Å²) in [6, 6.07) is 0. The molecule has 68 heavy (non-hydrogen) atoms. The largest absolute Gasteiger partial charge is 0.478 e. The van der Waals surface area contributed by atoms with Crippen molar-refractivity contribution in [3.63, 3.8) is 0 Å². The van der Waals surface area contributed by atoms with Crippen molar-refractivity contribution in [1.82, 2.24) is 0 Å². The Kier molecular flexibility index (Phi) is 66.6. The van der Waals surface area contributed by atoms with E-state index in [9.17, 15) is 9.59 Å². The molecule has 0 bridgehead atoms. The van der Waals surface area contributed by atoms with E-state index in [4.69, 9.17) is 102 Å². The number of carbonyl (C=O) groups is 2. The van der Waals surface area contributed by atoms with Crippen molar-refractivity contribution < 1.29 is 111 Å². The first-order chi connectivity index (χ1) is 32.8. The zero-order valence-electron chi connectivity index (χ0n) is 41.7. The van der Waals surface area contributed by atoms with E-state index in [1.807, 2.05) is 6.92 Å². The molecule has 408 valence electrons. The number of hydrogen-bond acceptors (Lipinski definition) is 21. The monoisotopic (exact) mass is 999 g/mol. The molecule has 0 aliphatic heterocycles. The van der Waals surface area contributed by atoms with Crippen LogP contribution in [-0.4, -0.2) is 266 Å². The van der Waals surface area contributed by atoms with Crippen molar-refractivity contribution in [2.75, 3.05) is 205 Å². The highest BCUT2D eigenvalue weighted by molar-refractivity contribution is 5.85. The number of carboxylic acid groups (broad SMARTS) is 2. The first-order valence-corrected chi connectivity index (χ1v) is 22.8. The van der Waals surface area contributed by atoms with Crippen molar-refractivity contribution in [3.8, 4) is 0 Å². The van der Waals surface area contributed by atoms with E-state index >= 15 is 0 Å². The van der Waals surface area contributed by atoms with Gasteiger partial charge in [0.15, 0.2) is 0 Å². The Morgan fingerprint density at radius 3 is 0.691 bits per heavy atom. The van der Waals surface area contributed by atoms with Crippen LogP contribution in [-0.2, 0) is 80.6 Å². The van der Waals surface area contributed by atoms with Gasteiger partial charge in [-0.25, -0.2) is 9.59 Å². The lowest BCUT2D eigenvalue weighted by Gasteiger charge is -2.16. The maximum absolute atomic E-state index is 9.60. The van der Waals surface area contributed by atoms with Crippen LogP contribution in [0.15, 0.2) is 24.3 Å². The quantitative estimate of drug-likeness (QED) is 0.0360. The van der Waals surface area contributed by atoms with Crippen molar-refractivity contribution in [2.45, 2.75) is 52.9 Å². The van der Waals surface area contributed by atoms with Crippen molar-refractivity contribution in [3.05, 3.63) is 24.3 Å². The van der Waals surface area contributed by atoms with Crippen LogP contribution in [0.3, 0.4) is 0 Å². The minimum atomic E-state index is -0.935. The summed E-state index contributed by atoms with van der Waals surface area (Å²) in [7, 11) is 0. The molecule has 3 unspecified atom stereocenters. The van der Waals surface area contributed by atoms with Gasteiger partial charge in [-0.15, -0.1) is 0 Å². The van der Waals surface area contributed by atoms with Gasteiger partial charge < -0.3 is 102 Å². The average Bonchev–Trinajstić information content (AvgIpc) is 3.31. The van der Waals surface area contributed by atoms with E-state index in [1.54, 1.807) is 13.8 Å². The summed E-state index contributed by atoms with van der Waals surface area (Å²) in [5, 5.41) is 50.5. The number of aliphatic hydroxyl groups excluding tert-OH is 4. The third kappa shape index (κ3) is 75.2. The lowest BCUT2D eigenvalue weighted by molar-refractivity contribution is -0.133. The van der Waals surface area contributed by atoms with Gasteiger partial charge in [0.2, 0.25) is 0 Å². The smallest absolute Gasteiger partial charge is 0.330 e. The SMILES string of the molecule is C=C(C)C(=O)O.C=C(C)C(=O)O.CC(O)COC(C)COC(C)CO.OCCOCCOCCOCCOCCOCCOCCOCCOCCOCCOCCOCCOCCOCCO. The Morgan fingerprint density at radius 1 is 0.368 bits per heavy atom. The van der Waals surface area contributed by atoms with Crippen LogP contribution < -0.4 is 0 Å². The average molecular weight is 999 g/mol. The molecule has 0 aromatic carbocycles. The number of hydrogen-bond donors (Lipinski definition) is 6. The zero-order valence-corrected chi connectivity index (χ0v) is 41.7. The third-order valence-corrected chi connectivity index (χ3v) is 7.16. The number of aliphatic carboxylic acids is 2. The predicted molar refractivity (Wildman–Crippen MR) is 249 cm³/mol. The second kappa shape index (κ2) is 62.7. The molecule has 23 heteroatoms. The Morgan fingerprint density at radius 2 is 0.544 bits per heavy atom. The summed E-state index contributed by atoms with van der Waals surface area (Å²) >= 11 is 0. The maximum Gasteiger partial charge on any atom is 0.330 e. The van der Waals surface area contributed by atoms with E-state index in [0.29, 0.717) is 185 Å². The fourth-order valence-corrected chi connectivity index (χ4v) is 3.57. The third-order valence-electron chi connectivity index (χ3n) is 7.16. The van der Waals surface area contributed by atoms with Crippen molar-refractivity contribution in [1.29, 1.82) is 0 Å².